The quantitative estimate of drug-likeness (QED) is 0.418. The van der Waals surface area contributed by atoms with Crippen LogP contribution in [0.5, 0.6) is 0 Å². The van der Waals surface area contributed by atoms with Crippen LogP contribution in [-0.4, -0.2) is 34.2 Å². The molecule has 1 atom stereocenters. The minimum Gasteiger partial charge on any atom is -0.454 e. The first-order valence-corrected chi connectivity index (χ1v) is 12.4. The van der Waals surface area contributed by atoms with Gasteiger partial charge in [0, 0.05) is 47.8 Å². The summed E-state index contributed by atoms with van der Waals surface area (Å²) in [5.74, 6) is 0.675. The maximum Gasteiger partial charge on any atom is 0.336 e. The largest absolute Gasteiger partial charge is 0.454 e. The zero-order chi connectivity index (χ0) is 23.2. The Morgan fingerprint density at radius 1 is 1.06 bits per heavy atom. The number of fused-ring (bicyclic) bond motifs is 3. The number of rotatable bonds is 5. The van der Waals surface area contributed by atoms with Gasteiger partial charge in [0.25, 0.3) is 0 Å². The summed E-state index contributed by atoms with van der Waals surface area (Å²) in [4.78, 5) is 19.5. The summed E-state index contributed by atoms with van der Waals surface area (Å²) in [6.45, 7) is 3.98. The standard InChI is InChI=1S/C28H30N2O4/c1-17-28-22(20(15-29-17)16-30-9-3-2-7-21(30)8-10-31)13-26(34-28)24-14-27(32)33-25-12-19-6-4-5-18(19)11-23(24)25/h11-15,21,31H,2-10,16H2,1H3/t21-/m1/s1. The molecule has 0 spiro atoms. The second kappa shape index (κ2) is 8.67. The molecule has 1 aliphatic carbocycles. The number of pyridine rings is 1. The first kappa shape index (κ1) is 21.6. The van der Waals surface area contributed by atoms with E-state index in [1.807, 2.05) is 19.2 Å². The van der Waals surface area contributed by atoms with Crippen molar-refractivity contribution in [2.24, 2.45) is 0 Å². The molecule has 1 fully saturated rings. The van der Waals surface area contributed by atoms with Crippen LogP contribution in [0.3, 0.4) is 0 Å². The van der Waals surface area contributed by atoms with E-state index in [1.165, 1.54) is 24.0 Å². The molecule has 0 saturated carbocycles. The lowest BCUT2D eigenvalue weighted by atomic mass is 9.98. The predicted octanol–water partition coefficient (Wildman–Crippen LogP) is 5.14. The Hall–Kier alpha value is -2.96. The monoisotopic (exact) mass is 458 g/mol. The number of benzene rings is 1. The van der Waals surface area contributed by atoms with Crippen LogP contribution in [0.1, 0.15) is 54.5 Å². The second-order valence-electron chi connectivity index (χ2n) is 9.80. The summed E-state index contributed by atoms with van der Waals surface area (Å²) in [7, 11) is 0. The lowest BCUT2D eigenvalue weighted by Gasteiger charge is -2.35. The fraction of sp³-hybridized carbons (Fsp3) is 0.429. The molecule has 1 aromatic carbocycles. The van der Waals surface area contributed by atoms with E-state index in [9.17, 15) is 9.90 Å². The number of hydrogen-bond donors (Lipinski definition) is 1. The lowest BCUT2D eigenvalue weighted by Crippen LogP contribution is -2.39. The van der Waals surface area contributed by atoms with E-state index in [2.05, 4.69) is 22.0 Å². The van der Waals surface area contributed by atoms with Gasteiger partial charge in [-0.1, -0.05) is 6.42 Å². The van der Waals surface area contributed by atoms with Crippen molar-refractivity contribution in [2.45, 2.75) is 64.5 Å². The third-order valence-electron chi connectivity index (χ3n) is 7.63. The third-order valence-corrected chi connectivity index (χ3v) is 7.63. The van der Waals surface area contributed by atoms with Gasteiger partial charge in [0.1, 0.15) is 11.3 Å². The Labute approximate surface area is 198 Å². The van der Waals surface area contributed by atoms with Crippen LogP contribution < -0.4 is 5.63 Å². The van der Waals surface area contributed by atoms with Crippen molar-refractivity contribution < 1.29 is 13.9 Å². The highest BCUT2D eigenvalue weighted by atomic mass is 16.4. The maximum absolute atomic E-state index is 12.4. The number of nitrogens with zero attached hydrogens (tertiary/aromatic N) is 2. The van der Waals surface area contributed by atoms with E-state index in [-0.39, 0.29) is 12.2 Å². The van der Waals surface area contributed by atoms with Gasteiger partial charge < -0.3 is 13.9 Å². The highest BCUT2D eigenvalue weighted by molar-refractivity contribution is 5.96. The van der Waals surface area contributed by atoms with Crippen LogP contribution in [0.4, 0.5) is 0 Å². The minimum atomic E-state index is -0.365. The number of likely N-dealkylation sites (tertiary alicyclic amines) is 1. The van der Waals surface area contributed by atoms with Crippen LogP contribution in [0.15, 0.2) is 44.1 Å². The number of aryl methyl sites for hydroxylation is 3. The first-order valence-electron chi connectivity index (χ1n) is 12.4. The van der Waals surface area contributed by atoms with E-state index in [0.29, 0.717) is 17.4 Å². The lowest BCUT2D eigenvalue weighted by molar-refractivity contribution is 0.113. The average Bonchev–Trinajstić information content (AvgIpc) is 3.48. The third kappa shape index (κ3) is 3.75. The minimum absolute atomic E-state index is 0.214. The smallest absolute Gasteiger partial charge is 0.336 e. The van der Waals surface area contributed by atoms with Crippen molar-refractivity contribution >= 4 is 21.9 Å². The van der Waals surface area contributed by atoms with Crippen LogP contribution in [0.25, 0.3) is 33.3 Å². The molecule has 4 aromatic rings. The molecule has 0 radical (unpaired) electrons. The van der Waals surface area contributed by atoms with Crippen LogP contribution in [0, 0.1) is 6.92 Å². The molecule has 0 unspecified atom stereocenters. The number of aliphatic hydroxyl groups excluding tert-OH is 1. The number of aliphatic hydroxyl groups is 1. The summed E-state index contributed by atoms with van der Waals surface area (Å²) in [6.07, 6.45) is 9.49. The Morgan fingerprint density at radius 3 is 2.76 bits per heavy atom. The number of aromatic nitrogens is 1. The summed E-state index contributed by atoms with van der Waals surface area (Å²) in [6, 6.07) is 8.20. The van der Waals surface area contributed by atoms with E-state index in [0.717, 1.165) is 78.4 Å². The van der Waals surface area contributed by atoms with E-state index >= 15 is 0 Å². The van der Waals surface area contributed by atoms with Gasteiger partial charge in [0.15, 0.2) is 5.58 Å². The molecule has 6 rings (SSSR count). The molecule has 176 valence electrons. The zero-order valence-corrected chi connectivity index (χ0v) is 19.6. The molecular formula is C28H30N2O4. The molecule has 1 N–H and O–H groups in total. The molecular weight excluding hydrogens is 428 g/mol. The molecule has 34 heavy (non-hydrogen) atoms. The SMILES string of the molecule is Cc1ncc(CN2CCCC[C@@H]2CCO)c2cc(-c3cc(=O)oc4cc5c(cc34)CCC5)oc12. The second-order valence-corrected chi connectivity index (χ2v) is 9.80. The Morgan fingerprint density at radius 2 is 1.91 bits per heavy atom. The molecule has 3 aromatic heterocycles. The summed E-state index contributed by atoms with van der Waals surface area (Å²) < 4.78 is 11.9. The number of hydrogen-bond acceptors (Lipinski definition) is 6. The van der Waals surface area contributed by atoms with Gasteiger partial charge in [0.05, 0.1) is 5.69 Å². The van der Waals surface area contributed by atoms with Crippen molar-refractivity contribution in [1.29, 1.82) is 0 Å². The number of piperidine rings is 1. The molecule has 2 aliphatic rings. The zero-order valence-electron chi connectivity index (χ0n) is 19.6. The van der Waals surface area contributed by atoms with Crippen LogP contribution in [0.2, 0.25) is 0 Å². The van der Waals surface area contributed by atoms with Gasteiger partial charge in [-0.15, -0.1) is 0 Å². The van der Waals surface area contributed by atoms with Crippen molar-refractivity contribution in [2.75, 3.05) is 13.2 Å². The normalized spacial score (nSPS) is 18.7. The van der Waals surface area contributed by atoms with Gasteiger partial charge >= 0.3 is 5.63 Å². The number of furan rings is 1. The van der Waals surface area contributed by atoms with Crippen LogP contribution in [-0.2, 0) is 19.4 Å². The van der Waals surface area contributed by atoms with Crippen LogP contribution >= 0.6 is 0 Å². The van der Waals surface area contributed by atoms with Gasteiger partial charge in [-0.3, -0.25) is 9.88 Å². The highest BCUT2D eigenvalue weighted by Crippen LogP contribution is 2.37. The molecule has 6 heteroatoms. The van der Waals surface area contributed by atoms with Crippen molar-refractivity contribution in [3.8, 4) is 11.3 Å². The highest BCUT2D eigenvalue weighted by Gasteiger charge is 2.24. The van der Waals surface area contributed by atoms with E-state index in [1.54, 1.807) is 6.07 Å². The van der Waals surface area contributed by atoms with Crippen molar-refractivity contribution in [3.05, 3.63) is 63.3 Å². The predicted molar refractivity (Wildman–Crippen MR) is 132 cm³/mol. The fourth-order valence-electron chi connectivity index (χ4n) is 5.86. The fourth-order valence-corrected chi connectivity index (χ4v) is 5.86. The Kier molecular flexibility index (Phi) is 5.50. The molecule has 0 amide bonds. The summed E-state index contributed by atoms with van der Waals surface area (Å²) in [5.41, 5.74) is 6.37. The molecule has 4 heterocycles. The van der Waals surface area contributed by atoms with Crippen molar-refractivity contribution in [1.82, 2.24) is 9.88 Å². The van der Waals surface area contributed by atoms with E-state index < -0.39 is 0 Å². The van der Waals surface area contributed by atoms with Gasteiger partial charge in [-0.05, 0) is 86.9 Å². The van der Waals surface area contributed by atoms with Gasteiger partial charge in [-0.2, -0.15) is 0 Å². The van der Waals surface area contributed by atoms with E-state index in [4.69, 9.17) is 8.83 Å². The first-order chi connectivity index (χ1) is 16.6. The molecule has 1 aliphatic heterocycles. The maximum atomic E-state index is 12.4. The molecule has 6 nitrogen and oxygen atoms in total. The molecule has 0 bridgehead atoms. The molecule has 1 saturated heterocycles. The topological polar surface area (TPSA) is 79.7 Å². The summed E-state index contributed by atoms with van der Waals surface area (Å²) >= 11 is 0. The average molecular weight is 459 g/mol. The van der Waals surface area contributed by atoms with Gasteiger partial charge in [-0.25, -0.2) is 4.79 Å². The van der Waals surface area contributed by atoms with Gasteiger partial charge in [0.2, 0.25) is 0 Å². The van der Waals surface area contributed by atoms with Crippen molar-refractivity contribution in [3.63, 3.8) is 0 Å². The Bertz CT molecular complexity index is 1430. The summed E-state index contributed by atoms with van der Waals surface area (Å²) in [5, 5.41) is 11.5. The Balaban J connectivity index is 1.45.